The number of rotatable bonds is 4. The number of nitrogens with one attached hydrogen (secondary N) is 1. The van der Waals surface area contributed by atoms with E-state index in [2.05, 4.69) is 15.2 Å². The molecule has 21 heavy (non-hydrogen) atoms. The van der Waals surface area contributed by atoms with Gasteiger partial charge >= 0.3 is 0 Å². The molecule has 8 heteroatoms. The number of nitrogens with two attached hydrogens (primary N) is 1. The van der Waals surface area contributed by atoms with Crippen molar-refractivity contribution in [3.63, 3.8) is 0 Å². The average Bonchev–Trinajstić information content (AvgIpc) is 2.48. The summed E-state index contributed by atoms with van der Waals surface area (Å²) < 4.78 is 5.31. The number of ether oxygens (including phenoxy) is 1. The van der Waals surface area contributed by atoms with Crippen LogP contribution in [0.3, 0.4) is 0 Å². The molecule has 6 nitrogen and oxygen atoms in total. The molecular weight excluding hydrogens is 315 g/mol. The Kier molecular flexibility index (Phi) is 9.28. The lowest BCUT2D eigenvalue weighted by Gasteiger charge is -2.28. The van der Waals surface area contributed by atoms with Gasteiger partial charge in [-0.15, -0.1) is 24.8 Å². The molecular formula is C13H22Cl2N4O2. The molecule has 2 heterocycles. The first-order chi connectivity index (χ1) is 9.20. The number of nitrogens with zero attached hydrogens (tertiary/aromatic N) is 2. The van der Waals surface area contributed by atoms with Gasteiger partial charge in [-0.2, -0.15) is 0 Å². The second-order valence-corrected chi connectivity index (χ2v) is 4.63. The third-order valence-corrected chi connectivity index (χ3v) is 3.18. The molecule has 1 aromatic heterocycles. The van der Waals surface area contributed by atoms with Crippen LogP contribution in [-0.4, -0.2) is 43.7 Å². The fourth-order valence-corrected chi connectivity index (χ4v) is 1.83. The summed E-state index contributed by atoms with van der Waals surface area (Å²) in [5, 5.41) is 2.75. The number of aromatic nitrogens is 1. The molecule has 1 fully saturated rings. The van der Waals surface area contributed by atoms with E-state index in [4.69, 9.17) is 10.5 Å². The molecule has 1 amide bonds. The topological polar surface area (TPSA) is 80.5 Å². The van der Waals surface area contributed by atoms with Crippen LogP contribution in [0.5, 0.6) is 0 Å². The van der Waals surface area contributed by atoms with Crippen molar-refractivity contribution in [1.82, 2.24) is 4.98 Å². The van der Waals surface area contributed by atoms with Crippen LogP contribution in [0.1, 0.15) is 6.92 Å². The summed E-state index contributed by atoms with van der Waals surface area (Å²) in [6.07, 6.45) is 1.77. The fraction of sp³-hybridized carbons (Fsp3) is 0.538. The molecule has 1 aliphatic rings. The largest absolute Gasteiger partial charge is 0.378 e. The number of anilines is 2. The minimum absolute atomic E-state index is 0. The SMILES string of the molecule is CC(CN)C(=O)Nc1ccc(N2CCOCC2)cn1.Cl.Cl. The molecule has 120 valence electrons. The Hall–Kier alpha value is -1.08. The van der Waals surface area contributed by atoms with Crippen LogP contribution in [0.4, 0.5) is 11.5 Å². The maximum absolute atomic E-state index is 11.7. The van der Waals surface area contributed by atoms with Gasteiger partial charge in [-0.3, -0.25) is 4.79 Å². The van der Waals surface area contributed by atoms with E-state index in [-0.39, 0.29) is 36.6 Å². The lowest BCUT2D eigenvalue weighted by Crippen LogP contribution is -2.36. The monoisotopic (exact) mass is 336 g/mol. The number of carbonyl (C=O) groups is 1. The third kappa shape index (κ3) is 5.67. The van der Waals surface area contributed by atoms with Crippen molar-refractivity contribution in [3.8, 4) is 0 Å². The number of pyridine rings is 1. The maximum atomic E-state index is 11.7. The molecule has 1 aromatic rings. The van der Waals surface area contributed by atoms with Gasteiger partial charge in [0.05, 0.1) is 25.1 Å². The van der Waals surface area contributed by atoms with Gasteiger partial charge in [0, 0.05) is 25.6 Å². The molecule has 0 saturated carbocycles. The zero-order valence-corrected chi connectivity index (χ0v) is 13.6. The van der Waals surface area contributed by atoms with Crippen LogP contribution in [0, 0.1) is 5.92 Å². The van der Waals surface area contributed by atoms with Crippen LogP contribution in [0.15, 0.2) is 18.3 Å². The van der Waals surface area contributed by atoms with Crippen LogP contribution in [-0.2, 0) is 9.53 Å². The second kappa shape index (κ2) is 9.78. The Balaban J connectivity index is 0.00000200. The standard InChI is InChI=1S/C13H20N4O2.2ClH/c1-10(8-14)13(18)16-12-3-2-11(9-15-12)17-4-6-19-7-5-17;;/h2-3,9-10H,4-8,14H2,1H3,(H,15,16,18);2*1H. The first kappa shape index (κ1) is 19.9. The van der Waals surface area contributed by atoms with Gasteiger partial charge in [-0.25, -0.2) is 4.98 Å². The first-order valence-electron chi connectivity index (χ1n) is 6.50. The van der Waals surface area contributed by atoms with E-state index in [1.54, 1.807) is 13.1 Å². The highest BCUT2D eigenvalue weighted by molar-refractivity contribution is 5.91. The summed E-state index contributed by atoms with van der Waals surface area (Å²) in [6, 6.07) is 3.77. The molecule has 0 aromatic carbocycles. The minimum atomic E-state index is -0.208. The zero-order valence-electron chi connectivity index (χ0n) is 11.9. The average molecular weight is 337 g/mol. The van der Waals surface area contributed by atoms with E-state index in [9.17, 15) is 4.79 Å². The van der Waals surface area contributed by atoms with Crippen molar-refractivity contribution in [1.29, 1.82) is 0 Å². The minimum Gasteiger partial charge on any atom is -0.378 e. The third-order valence-electron chi connectivity index (χ3n) is 3.18. The highest BCUT2D eigenvalue weighted by Crippen LogP contribution is 2.16. The van der Waals surface area contributed by atoms with Crippen molar-refractivity contribution in [3.05, 3.63) is 18.3 Å². The molecule has 1 atom stereocenters. The molecule has 0 radical (unpaired) electrons. The Labute approximate surface area is 137 Å². The highest BCUT2D eigenvalue weighted by atomic mass is 35.5. The van der Waals surface area contributed by atoms with Gasteiger partial charge < -0.3 is 20.7 Å². The lowest BCUT2D eigenvalue weighted by molar-refractivity contribution is -0.119. The normalized spacial score (nSPS) is 15.4. The summed E-state index contributed by atoms with van der Waals surface area (Å²) in [6.45, 7) is 5.35. The number of halogens is 2. The van der Waals surface area contributed by atoms with Crippen LogP contribution < -0.4 is 16.0 Å². The predicted octanol–water partition coefficient (Wildman–Crippen LogP) is 1.30. The van der Waals surface area contributed by atoms with Crippen molar-refractivity contribution in [2.24, 2.45) is 11.7 Å². The van der Waals surface area contributed by atoms with E-state index >= 15 is 0 Å². The summed E-state index contributed by atoms with van der Waals surface area (Å²) in [7, 11) is 0. The molecule has 2 rings (SSSR count). The van der Waals surface area contributed by atoms with Gasteiger partial charge in [0.1, 0.15) is 5.82 Å². The van der Waals surface area contributed by atoms with Gasteiger partial charge in [0.15, 0.2) is 0 Å². The molecule has 1 unspecified atom stereocenters. The van der Waals surface area contributed by atoms with Crippen molar-refractivity contribution < 1.29 is 9.53 Å². The summed E-state index contributed by atoms with van der Waals surface area (Å²) in [5.41, 5.74) is 6.50. The second-order valence-electron chi connectivity index (χ2n) is 4.63. The summed E-state index contributed by atoms with van der Waals surface area (Å²) in [4.78, 5) is 18.1. The van der Waals surface area contributed by atoms with E-state index in [1.807, 2.05) is 12.1 Å². The molecule has 0 aliphatic carbocycles. The maximum Gasteiger partial charge on any atom is 0.229 e. The van der Waals surface area contributed by atoms with E-state index in [0.29, 0.717) is 12.4 Å². The number of morpholine rings is 1. The van der Waals surface area contributed by atoms with Crippen molar-refractivity contribution in [2.45, 2.75) is 6.92 Å². The summed E-state index contributed by atoms with van der Waals surface area (Å²) >= 11 is 0. The van der Waals surface area contributed by atoms with Gasteiger partial charge in [0.2, 0.25) is 5.91 Å². The Morgan fingerprint density at radius 1 is 1.43 bits per heavy atom. The first-order valence-corrected chi connectivity index (χ1v) is 6.50. The number of carbonyl (C=O) groups excluding carboxylic acids is 1. The number of hydrogen-bond acceptors (Lipinski definition) is 5. The molecule has 3 N–H and O–H groups in total. The highest BCUT2D eigenvalue weighted by Gasteiger charge is 2.13. The molecule has 0 bridgehead atoms. The van der Waals surface area contributed by atoms with E-state index < -0.39 is 0 Å². The van der Waals surface area contributed by atoms with Crippen LogP contribution in [0.2, 0.25) is 0 Å². The van der Waals surface area contributed by atoms with Gasteiger partial charge in [-0.05, 0) is 12.1 Å². The van der Waals surface area contributed by atoms with Crippen molar-refractivity contribution in [2.75, 3.05) is 43.1 Å². The number of hydrogen-bond donors (Lipinski definition) is 2. The summed E-state index contributed by atoms with van der Waals surface area (Å²) in [5.74, 6) is 0.247. The quantitative estimate of drug-likeness (QED) is 0.866. The van der Waals surface area contributed by atoms with Gasteiger partial charge in [0.25, 0.3) is 0 Å². The van der Waals surface area contributed by atoms with Gasteiger partial charge in [-0.1, -0.05) is 6.92 Å². The Bertz CT molecular complexity index is 425. The molecule has 1 saturated heterocycles. The van der Waals surface area contributed by atoms with Crippen molar-refractivity contribution >= 4 is 42.2 Å². The van der Waals surface area contributed by atoms with Crippen LogP contribution >= 0.6 is 24.8 Å². The fourth-order valence-electron chi connectivity index (χ4n) is 1.83. The smallest absolute Gasteiger partial charge is 0.229 e. The van der Waals surface area contributed by atoms with E-state index in [1.165, 1.54) is 0 Å². The van der Waals surface area contributed by atoms with Crippen LogP contribution in [0.25, 0.3) is 0 Å². The Morgan fingerprint density at radius 3 is 2.62 bits per heavy atom. The Morgan fingerprint density at radius 2 is 2.10 bits per heavy atom. The molecule has 1 aliphatic heterocycles. The molecule has 0 spiro atoms. The predicted molar refractivity (Wildman–Crippen MR) is 88.6 cm³/mol. The lowest BCUT2D eigenvalue weighted by atomic mass is 10.2. The number of amides is 1. The van der Waals surface area contributed by atoms with E-state index in [0.717, 1.165) is 32.0 Å². The zero-order chi connectivity index (χ0) is 13.7.